The number of pyridine rings is 1. The number of hydrogen-bond donors (Lipinski definition) is 1. The van der Waals surface area contributed by atoms with Crippen LogP contribution in [0.15, 0.2) is 18.3 Å². The quantitative estimate of drug-likeness (QED) is 0.821. The van der Waals surface area contributed by atoms with E-state index >= 15 is 0 Å². The molecule has 1 heterocycles. The molecule has 3 nitrogen and oxygen atoms in total. The second-order valence-electron chi connectivity index (χ2n) is 4.19. The SMILES string of the molecule is CCOC1(c2ccc([C@H](C)N)cn2)CC1. The summed E-state index contributed by atoms with van der Waals surface area (Å²) in [6.45, 7) is 4.74. The third-order valence-corrected chi connectivity index (χ3v) is 2.90. The lowest BCUT2D eigenvalue weighted by Gasteiger charge is -2.15. The van der Waals surface area contributed by atoms with E-state index in [1.807, 2.05) is 32.2 Å². The molecule has 15 heavy (non-hydrogen) atoms. The first-order valence-corrected chi connectivity index (χ1v) is 5.54. The maximum atomic E-state index is 5.78. The van der Waals surface area contributed by atoms with Crippen molar-refractivity contribution in [2.45, 2.75) is 38.3 Å². The maximum Gasteiger partial charge on any atom is 0.110 e. The molecule has 1 aliphatic rings. The van der Waals surface area contributed by atoms with Gasteiger partial charge in [0, 0.05) is 18.8 Å². The summed E-state index contributed by atoms with van der Waals surface area (Å²) in [6, 6.07) is 4.14. The number of aromatic nitrogens is 1. The zero-order valence-electron chi connectivity index (χ0n) is 9.36. The minimum absolute atomic E-state index is 0.0498. The molecule has 0 radical (unpaired) electrons. The van der Waals surface area contributed by atoms with E-state index in [4.69, 9.17) is 10.5 Å². The third kappa shape index (κ3) is 2.03. The first kappa shape index (κ1) is 10.6. The molecule has 1 aromatic heterocycles. The van der Waals surface area contributed by atoms with Crippen LogP contribution in [0.4, 0.5) is 0 Å². The number of ether oxygens (including phenoxy) is 1. The Balaban J connectivity index is 2.17. The Morgan fingerprint density at radius 2 is 2.27 bits per heavy atom. The van der Waals surface area contributed by atoms with Gasteiger partial charge in [0.1, 0.15) is 5.60 Å². The molecular formula is C12H18N2O. The van der Waals surface area contributed by atoms with Crippen molar-refractivity contribution in [3.05, 3.63) is 29.6 Å². The predicted molar refractivity (Wildman–Crippen MR) is 59.4 cm³/mol. The van der Waals surface area contributed by atoms with Gasteiger partial charge in [-0.15, -0.1) is 0 Å². The molecule has 1 aliphatic carbocycles. The lowest BCUT2D eigenvalue weighted by molar-refractivity contribution is 0.0363. The summed E-state index contributed by atoms with van der Waals surface area (Å²) >= 11 is 0. The third-order valence-electron chi connectivity index (χ3n) is 2.90. The summed E-state index contributed by atoms with van der Waals surface area (Å²) in [5, 5.41) is 0. The summed E-state index contributed by atoms with van der Waals surface area (Å²) < 4.78 is 5.73. The Kier molecular flexibility index (Phi) is 2.76. The van der Waals surface area contributed by atoms with Gasteiger partial charge in [-0.3, -0.25) is 4.98 Å². The zero-order valence-corrected chi connectivity index (χ0v) is 9.36. The number of nitrogens with two attached hydrogens (primary N) is 1. The molecule has 0 amide bonds. The smallest absolute Gasteiger partial charge is 0.110 e. The summed E-state index contributed by atoms with van der Waals surface area (Å²) in [4.78, 5) is 4.45. The molecule has 1 atom stereocenters. The van der Waals surface area contributed by atoms with Gasteiger partial charge in [0.15, 0.2) is 0 Å². The summed E-state index contributed by atoms with van der Waals surface area (Å²) in [5.41, 5.74) is 7.82. The maximum absolute atomic E-state index is 5.78. The standard InChI is InChI=1S/C12H18N2O/c1-3-15-12(6-7-12)11-5-4-10(8-14-11)9(2)13/h4-5,8-9H,3,6-7,13H2,1-2H3/t9-/m0/s1. The number of nitrogens with zero attached hydrogens (tertiary/aromatic N) is 1. The van der Waals surface area contributed by atoms with Crippen molar-refractivity contribution in [2.75, 3.05) is 6.61 Å². The summed E-state index contributed by atoms with van der Waals surface area (Å²) in [6.07, 6.45) is 4.04. The fourth-order valence-electron chi connectivity index (χ4n) is 1.81. The normalized spacial score (nSPS) is 19.9. The van der Waals surface area contributed by atoms with Gasteiger partial charge in [0.25, 0.3) is 0 Å². The average Bonchev–Trinajstić information content (AvgIpc) is 3.00. The Hall–Kier alpha value is -0.930. The first-order chi connectivity index (χ1) is 7.18. The topological polar surface area (TPSA) is 48.1 Å². The molecule has 0 saturated heterocycles. The van der Waals surface area contributed by atoms with E-state index in [1.165, 1.54) is 0 Å². The van der Waals surface area contributed by atoms with Crippen LogP contribution in [0.1, 0.15) is 44.0 Å². The molecule has 0 spiro atoms. The predicted octanol–water partition coefficient (Wildman–Crippen LogP) is 2.13. The van der Waals surface area contributed by atoms with Crippen LogP contribution in [0.5, 0.6) is 0 Å². The molecule has 0 aliphatic heterocycles. The second-order valence-corrected chi connectivity index (χ2v) is 4.19. The van der Waals surface area contributed by atoms with Crippen LogP contribution in [0.2, 0.25) is 0 Å². The van der Waals surface area contributed by atoms with Crippen LogP contribution in [-0.2, 0) is 10.3 Å². The van der Waals surface area contributed by atoms with E-state index in [9.17, 15) is 0 Å². The van der Waals surface area contributed by atoms with Crippen LogP contribution in [-0.4, -0.2) is 11.6 Å². The van der Waals surface area contributed by atoms with Crippen molar-refractivity contribution in [2.24, 2.45) is 5.73 Å². The Morgan fingerprint density at radius 3 is 2.67 bits per heavy atom. The number of rotatable bonds is 4. The molecule has 1 aromatic rings. The van der Waals surface area contributed by atoms with Crippen LogP contribution < -0.4 is 5.73 Å². The van der Waals surface area contributed by atoms with Gasteiger partial charge in [-0.2, -0.15) is 0 Å². The molecule has 0 bridgehead atoms. The van der Waals surface area contributed by atoms with Gasteiger partial charge in [-0.05, 0) is 38.3 Å². The molecule has 82 valence electrons. The molecule has 1 fully saturated rings. The summed E-state index contributed by atoms with van der Waals surface area (Å²) in [7, 11) is 0. The van der Waals surface area contributed by atoms with E-state index < -0.39 is 0 Å². The van der Waals surface area contributed by atoms with E-state index in [0.29, 0.717) is 0 Å². The average molecular weight is 206 g/mol. The van der Waals surface area contributed by atoms with Gasteiger partial charge >= 0.3 is 0 Å². The van der Waals surface area contributed by atoms with Crippen molar-refractivity contribution >= 4 is 0 Å². The van der Waals surface area contributed by atoms with E-state index in [1.54, 1.807) is 0 Å². The molecule has 2 N–H and O–H groups in total. The van der Waals surface area contributed by atoms with Crippen LogP contribution in [0.25, 0.3) is 0 Å². The highest BCUT2D eigenvalue weighted by Crippen LogP contribution is 2.48. The highest BCUT2D eigenvalue weighted by atomic mass is 16.5. The largest absolute Gasteiger partial charge is 0.369 e. The molecule has 2 rings (SSSR count). The van der Waals surface area contributed by atoms with Gasteiger partial charge in [-0.1, -0.05) is 6.07 Å². The van der Waals surface area contributed by atoms with Crippen molar-refractivity contribution in [3.8, 4) is 0 Å². The molecule has 0 unspecified atom stereocenters. The van der Waals surface area contributed by atoms with Crippen molar-refractivity contribution in [1.29, 1.82) is 0 Å². The highest BCUT2D eigenvalue weighted by molar-refractivity contribution is 5.24. The molecule has 3 heteroatoms. The van der Waals surface area contributed by atoms with Crippen LogP contribution in [0.3, 0.4) is 0 Å². The minimum Gasteiger partial charge on any atom is -0.369 e. The van der Waals surface area contributed by atoms with E-state index in [0.717, 1.165) is 30.7 Å². The lowest BCUT2D eigenvalue weighted by Crippen LogP contribution is -2.14. The molecule has 0 aromatic carbocycles. The van der Waals surface area contributed by atoms with Crippen molar-refractivity contribution in [1.82, 2.24) is 4.98 Å². The first-order valence-electron chi connectivity index (χ1n) is 5.54. The van der Waals surface area contributed by atoms with Gasteiger partial charge in [-0.25, -0.2) is 0 Å². The Bertz CT molecular complexity index is 328. The van der Waals surface area contributed by atoms with Gasteiger partial charge in [0.05, 0.1) is 5.69 Å². The van der Waals surface area contributed by atoms with Gasteiger partial charge < -0.3 is 10.5 Å². The number of hydrogen-bond acceptors (Lipinski definition) is 3. The fourth-order valence-corrected chi connectivity index (χ4v) is 1.81. The van der Waals surface area contributed by atoms with Crippen LogP contribution >= 0.6 is 0 Å². The zero-order chi connectivity index (χ0) is 10.9. The molecular weight excluding hydrogens is 188 g/mol. The van der Waals surface area contributed by atoms with E-state index in [-0.39, 0.29) is 11.6 Å². The minimum atomic E-state index is -0.0783. The van der Waals surface area contributed by atoms with Crippen LogP contribution in [0, 0.1) is 0 Å². The molecule has 1 saturated carbocycles. The fraction of sp³-hybridized carbons (Fsp3) is 0.583. The highest BCUT2D eigenvalue weighted by Gasteiger charge is 2.46. The van der Waals surface area contributed by atoms with Crippen molar-refractivity contribution in [3.63, 3.8) is 0 Å². The Morgan fingerprint density at radius 1 is 1.53 bits per heavy atom. The monoisotopic (exact) mass is 206 g/mol. The Labute approximate surface area is 90.7 Å². The van der Waals surface area contributed by atoms with Gasteiger partial charge in [0.2, 0.25) is 0 Å². The lowest BCUT2D eigenvalue weighted by atomic mass is 10.1. The summed E-state index contributed by atoms with van der Waals surface area (Å²) in [5.74, 6) is 0. The second kappa shape index (κ2) is 3.91. The van der Waals surface area contributed by atoms with Crippen molar-refractivity contribution < 1.29 is 4.74 Å². The van der Waals surface area contributed by atoms with E-state index in [2.05, 4.69) is 4.98 Å².